The van der Waals surface area contributed by atoms with Crippen molar-refractivity contribution in [2.75, 3.05) is 6.61 Å². The lowest BCUT2D eigenvalue weighted by atomic mass is 9.90. The van der Waals surface area contributed by atoms with Crippen molar-refractivity contribution in [1.29, 1.82) is 0 Å². The largest absolute Gasteiger partial charge is 0.498 e. The van der Waals surface area contributed by atoms with Crippen LogP contribution in [0.5, 0.6) is 0 Å². The molecule has 0 radical (unpaired) electrons. The van der Waals surface area contributed by atoms with Gasteiger partial charge in [0.15, 0.2) is 0 Å². The molecule has 0 aromatic carbocycles. The second-order valence-corrected chi connectivity index (χ2v) is 4.57. The Morgan fingerprint density at radius 2 is 2.18 bits per heavy atom. The monoisotopic (exact) mass is 236 g/mol. The van der Waals surface area contributed by atoms with Crippen LogP contribution in [0.1, 0.15) is 39.0 Å². The third-order valence-corrected chi connectivity index (χ3v) is 3.12. The summed E-state index contributed by atoms with van der Waals surface area (Å²) in [4.78, 5) is 10.7. The van der Waals surface area contributed by atoms with Crippen molar-refractivity contribution in [2.45, 2.75) is 39.0 Å². The SMILES string of the molecule is C#CC(/C=C(/C)OCC1CCCCC1)C(=O)O. The molecule has 1 unspecified atom stereocenters. The number of carboxylic acids is 1. The Bertz CT molecular complexity index is 319. The highest BCUT2D eigenvalue weighted by Crippen LogP contribution is 2.24. The molecule has 3 heteroatoms. The maximum atomic E-state index is 10.7. The smallest absolute Gasteiger partial charge is 0.322 e. The molecule has 0 saturated heterocycles. The van der Waals surface area contributed by atoms with Gasteiger partial charge in [-0.25, -0.2) is 0 Å². The zero-order valence-corrected chi connectivity index (χ0v) is 10.3. The lowest BCUT2D eigenvalue weighted by molar-refractivity contribution is -0.138. The minimum atomic E-state index is -1.01. The molecule has 94 valence electrons. The Hall–Kier alpha value is -1.43. The fourth-order valence-corrected chi connectivity index (χ4v) is 2.08. The van der Waals surface area contributed by atoms with Gasteiger partial charge in [-0.05, 0) is 31.8 Å². The molecule has 0 spiro atoms. The Kier molecular flexibility index (Phi) is 5.62. The van der Waals surface area contributed by atoms with E-state index in [0.29, 0.717) is 18.3 Å². The summed E-state index contributed by atoms with van der Waals surface area (Å²) in [6.07, 6.45) is 12.9. The third kappa shape index (κ3) is 4.95. The summed E-state index contributed by atoms with van der Waals surface area (Å²) < 4.78 is 5.57. The summed E-state index contributed by atoms with van der Waals surface area (Å²) in [5.41, 5.74) is 0. The van der Waals surface area contributed by atoms with Crippen LogP contribution in [0, 0.1) is 24.2 Å². The quantitative estimate of drug-likeness (QED) is 0.589. The minimum absolute atomic E-state index is 0.612. The number of carbonyl (C=O) groups is 1. The molecule has 3 nitrogen and oxygen atoms in total. The van der Waals surface area contributed by atoms with Gasteiger partial charge in [0, 0.05) is 0 Å². The summed E-state index contributed by atoms with van der Waals surface area (Å²) in [7, 11) is 0. The maximum Gasteiger partial charge on any atom is 0.322 e. The van der Waals surface area contributed by atoms with Crippen LogP contribution < -0.4 is 0 Å². The molecule has 1 aliphatic carbocycles. The molecule has 0 bridgehead atoms. The van der Waals surface area contributed by atoms with E-state index >= 15 is 0 Å². The number of hydrogen-bond acceptors (Lipinski definition) is 2. The van der Waals surface area contributed by atoms with Crippen molar-refractivity contribution in [3.05, 3.63) is 11.8 Å². The molecule has 0 aromatic rings. The first kappa shape index (κ1) is 13.6. The number of aliphatic carboxylic acids is 1. The molecule has 1 saturated carbocycles. The third-order valence-electron chi connectivity index (χ3n) is 3.12. The van der Waals surface area contributed by atoms with Crippen LogP contribution in [-0.2, 0) is 9.53 Å². The number of ether oxygens (including phenoxy) is 1. The predicted molar refractivity (Wildman–Crippen MR) is 66.2 cm³/mol. The van der Waals surface area contributed by atoms with E-state index in [4.69, 9.17) is 16.3 Å². The van der Waals surface area contributed by atoms with Crippen molar-refractivity contribution in [3.8, 4) is 12.3 Å². The van der Waals surface area contributed by atoms with Crippen LogP contribution in [0.15, 0.2) is 11.8 Å². The van der Waals surface area contributed by atoms with Crippen molar-refractivity contribution < 1.29 is 14.6 Å². The first-order valence-corrected chi connectivity index (χ1v) is 6.13. The molecule has 1 rings (SSSR count). The lowest BCUT2D eigenvalue weighted by Crippen LogP contribution is -2.14. The summed E-state index contributed by atoms with van der Waals surface area (Å²) in [6.45, 7) is 2.44. The van der Waals surface area contributed by atoms with E-state index in [9.17, 15) is 4.79 Å². The summed E-state index contributed by atoms with van der Waals surface area (Å²) in [5.74, 6) is 1.54. The van der Waals surface area contributed by atoms with Gasteiger partial charge in [-0.3, -0.25) is 4.79 Å². The number of hydrogen-bond donors (Lipinski definition) is 1. The standard InChI is InChI=1S/C14H20O3/c1-3-13(14(15)16)9-11(2)17-10-12-7-5-4-6-8-12/h1,9,12-13H,4-8,10H2,2H3,(H,15,16)/b11-9-. The van der Waals surface area contributed by atoms with Gasteiger partial charge in [-0.1, -0.05) is 25.2 Å². The van der Waals surface area contributed by atoms with Gasteiger partial charge in [0.2, 0.25) is 0 Å². The molecule has 17 heavy (non-hydrogen) atoms. The van der Waals surface area contributed by atoms with Gasteiger partial charge in [-0.2, -0.15) is 0 Å². The average molecular weight is 236 g/mol. The van der Waals surface area contributed by atoms with Crippen LogP contribution >= 0.6 is 0 Å². The first-order valence-electron chi connectivity index (χ1n) is 6.13. The summed E-state index contributed by atoms with van der Waals surface area (Å²) >= 11 is 0. The van der Waals surface area contributed by atoms with Crippen molar-refractivity contribution in [3.63, 3.8) is 0 Å². The number of rotatable bonds is 5. The summed E-state index contributed by atoms with van der Waals surface area (Å²) in [6, 6.07) is 0. The zero-order chi connectivity index (χ0) is 12.7. The lowest BCUT2D eigenvalue weighted by Gasteiger charge is -2.21. The van der Waals surface area contributed by atoms with E-state index < -0.39 is 11.9 Å². The van der Waals surface area contributed by atoms with E-state index in [1.165, 1.54) is 38.2 Å². The van der Waals surface area contributed by atoms with Crippen LogP contribution in [0.2, 0.25) is 0 Å². The molecule has 0 aliphatic heterocycles. The van der Waals surface area contributed by atoms with E-state index in [1.54, 1.807) is 6.92 Å². The highest BCUT2D eigenvalue weighted by atomic mass is 16.5. The maximum absolute atomic E-state index is 10.7. The zero-order valence-electron chi connectivity index (χ0n) is 10.3. The van der Waals surface area contributed by atoms with Crippen LogP contribution in [0.3, 0.4) is 0 Å². The van der Waals surface area contributed by atoms with Gasteiger partial charge in [-0.15, -0.1) is 6.42 Å². The first-order chi connectivity index (χ1) is 8.13. The molecule has 0 amide bonds. The second kappa shape index (κ2) is 7.01. The Balaban J connectivity index is 2.37. The van der Waals surface area contributed by atoms with Crippen LogP contribution in [-0.4, -0.2) is 17.7 Å². The van der Waals surface area contributed by atoms with Gasteiger partial charge >= 0.3 is 5.97 Å². The normalized spacial score (nSPS) is 19.4. The van der Waals surface area contributed by atoms with Gasteiger partial charge in [0.1, 0.15) is 5.92 Å². The molecular formula is C14H20O3. The van der Waals surface area contributed by atoms with Crippen LogP contribution in [0.4, 0.5) is 0 Å². The number of allylic oxidation sites excluding steroid dienone is 1. The number of carboxylic acid groups (broad SMARTS) is 1. The molecule has 1 fully saturated rings. The minimum Gasteiger partial charge on any atom is -0.498 e. The Morgan fingerprint density at radius 3 is 2.71 bits per heavy atom. The molecule has 1 N–H and O–H groups in total. The second-order valence-electron chi connectivity index (χ2n) is 4.57. The number of terminal acetylenes is 1. The summed E-state index contributed by atoms with van der Waals surface area (Å²) in [5, 5.41) is 8.80. The van der Waals surface area contributed by atoms with Crippen molar-refractivity contribution >= 4 is 5.97 Å². The van der Waals surface area contributed by atoms with Gasteiger partial charge in [0.25, 0.3) is 0 Å². The van der Waals surface area contributed by atoms with Crippen molar-refractivity contribution in [1.82, 2.24) is 0 Å². The van der Waals surface area contributed by atoms with Gasteiger partial charge < -0.3 is 9.84 Å². The fraction of sp³-hybridized carbons (Fsp3) is 0.643. The van der Waals surface area contributed by atoms with Crippen LogP contribution in [0.25, 0.3) is 0 Å². The highest BCUT2D eigenvalue weighted by Gasteiger charge is 2.15. The molecule has 1 atom stereocenters. The van der Waals surface area contributed by atoms with Gasteiger partial charge in [0.05, 0.1) is 12.4 Å². The van der Waals surface area contributed by atoms with E-state index in [1.807, 2.05) is 0 Å². The van der Waals surface area contributed by atoms with E-state index in [-0.39, 0.29) is 0 Å². The molecule has 1 aliphatic rings. The Labute approximate surface area is 103 Å². The van der Waals surface area contributed by atoms with Crippen molar-refractivity contribution in [2.24, 2.45) is 11.8 Å². The molecule has 0 aromatic heterocycles. The van der Waals surface area contributed by atoms with E-state index in [2.05, 4.69) is 5.92 Å². The molecular weight excluding hydrogens is 216 g/mol. The topological polar surface area (TPSA) is 46.5 Å². The predicted octanol–water partition coefficient (Wildman–Crippen LogP) is 2.82. The van der Waals surface area contributed by atoms with E-state index in [0.717, 1.165) is 0 Å². The fourth-order valence-electron chi connectivity index (χ4n) is 2.08. The average Bonchev–Trinajstić information content (AvgIpc) is 2.34. The molecule has 0 heterocycles. The Morgan fingerprint density at radius 1 is 1.53 bits per heavy atom. The highest BCUT2D eigenvalue weighted by molar-refractivity contribution is 5.75.